The number of allylic oxidation sites excluding steroid dienone is 1. The molecule has 2 nitrogen and oxygen atoms in total. The van der Waals surface area contributed by atoms with Crippen LogP contribution in [0.2, 0.25) is 0 Å². The van der Waals surface area contributed by atoms with Gasteiger partial charge >= 0.3 is 0 Å². The molecule has 0 amide bonds. The van der Waals surface area contributed by atoms with E-state index < -0.39 is 0 Å². The predicted octanol–water partition coefficient (Wildman–Crippen LogP) is 1.69. The molecule has 70 valence electrons. The Morgan fingerprint density at radius 2 is 2.33 bits per heavy atom. The third kappa shape index (κ3) is 1.79. The Balaban J connectivity index is 2.62. The van der Waals surface area contributed by atoms with Crippen molar-refractivity contribution in [2.24, 2.45) is 0 Å². The van der Waals surface area contributed by atoms with Gasteiger partial charge in [0.1, 0.15) is 0 Å². The van der Waals surface area contributed by atoms with Gasteiger partial charge in [-0.15, -0.1) is 0 Å². The molecule has 0 aromatic heterocycles. The van der Waals surface area contributed by atoms with Crippen LogP contribution in [0.3, 0.4) is 0 Å². The summed E-state index contributed by atoms with van der Waals surface area (Å²) in [7, 11) is 2.33. The molecule has 1 aliphatic heterocycles. The van der Waals surface area contributed by atoms with Gasteiger partial charge in [-0.05, 0) is 6.92 Å². The van der Waals surface area contributed by atoms with Gasteiger partial charge in [-0.3, -0.25) is 0 Å². The smallest absolute Gasteiger partial charge is 0.179 e. The van der Waals surface area contributed by atoms with Crippen LogP contribution in [-0.2, 0) is 0 Å². The van der Waals surface area contributed by atoms with Crippen molar-refractivity contribution in [3.05, 3.63) is 11.9 Å². The SMILES string of the molecule is CCC1=C[N+]1(C)/S(C)=C/C(C)O. The van der Waals surface area contributed by atoms with Gasteiger partial charge in [-0.2, -0.15) is 0 Å². The maximum atomic E-state index is 9.19. The fraction of sp³-hybridized carbons (Fsp3) is 0.667. The first-order valence-corrected chi connectivity index (χ1v) is 5.93. The van der Waals surface area contributed by atoms with E-state index in [1.54, 1.807) is 0 Å². The maximum absolute atomic E-state index is 9.19. The van der Waals surface area contributed by atoms with Crippen LogP contribution in [0, 0.1) is 0 Å². The molecule has 0 aromatic carbocycles. The normalized spacial score (nSPS) is 32.9. The number of aliphatic hydroxyl groups excluding tert-OH is 1. The Kier molecular flexibility index (Phi) is 2.76. The van der Waals surface area contributed by atoms with Gasteiger partial charge in [0.05, 0.1) is 13.2 Å². The predicted molar refractivity (Wildman–Crippen MR) is 55.8 cm³/mol. The van der Waals surface area contributed by atoms with Crippen molar-refractivity contribution >= 4 is 16.0 Å². The average Bonchev–Trinajstić information content (AvgIpc) is 2.62. The van der Waals surface area contributed by atoms with Crippen molar-refractivity contribution in [3.8, 4) is 0 Å². The van der Waals surface area contributed by atoms with Crippen molar-refractivity contribution < 1.29 is 8.99 Å². The van der Waals surface area contributed by atoms with Crippen molar-refractivity contribution in [1.82, 2.24) is 0 Å². The first kappa shape index (κ1) is 9.96. The summed E-state index contributed by atoms with van der Waals surface area (Å²) in [6.07, 6.45) is 5.27. The van der Waals surface area contributed by atoms with E-state index in [0.717, 1.165) is 10.3 Å². The standard InChI is InChI=1S/C9H18NOS/c1-5-9-6-10(9,3)12(4)7-8(2)11/h6-8,11H,5H2,1-4H3/q+1. The Morgan fingerprint density at radius 3 is 2.67 bits per heavy atom. The highest BCUT2D eigenvalue weighted by Gasteiger charge is 2.41. The Labute approximate surface area is 77.2 Å². The Morgan fingerprint density at radius 1 is 1.75 bits per heavy atom. The monoisotopic (exact) mass is 188 g/mol. The van der Waals surface area contributed by atoms with Crippen LogP contribution >= 0.6 is 10.7 Å². The van der Waals surface area contributed by atoms with E-state index in [4.69, 9.17) is 0 Å². The molecule has 0 saturated heterocycles. The van der Waals surface area contributed by atoms with Crippen LogP contribution in [0.15, 0.2) is 11.9 Å². The molecule has 3 atom stereocenters. The number of hydrogen-bond acceptors (Lipinski definition) is 1. The zero-order valence-corrected chi connectivity index (χ0v) is 9.06. The van der Waals surface area contributed by atoms with Crippen molar-refractivity contribution in [1.29, 1.82) is 0 Å². The van der Waals surface area contributed by atoms with Gasteiger partial charge in [0.15, 0.2) is 11.9 Å². The van der Waals surface area contributed by atoms with Crippen molar-refractivity contribution in [2.45, 2.75) is 26.4 Å². The van der Waals surface area contributed by atoms with Crippen LogP contribution in [0.25, 0.3) is 0 Å². The fourth-order valence-corrected chi connectivity index (χ4v) is 2.95. The first-order valence-electron chi connectivity index (χ1n) is 4.27. The number of nitrogens with zero attached hydrogens (tertiary/aromatic N) is 1. The van der Waals surface area contributed by atoms with Crippen LogP contribution in [0.5, 0.6) is 0 Å². The maximum Gasteiger partial charge on any atom is 0.179 e. The lowest BCUT2D eigenvalue weighted by atomic mass is 10.5. The van der Waals surface area contributed by atoms with E-state index in [2.05, 4.69) is 26.4 Å². The molecule has 0 saturated carbocycles. The largest absolute Gasteiger partial charge is 0.389 e. The Bertz CT molecular complexity index is 245. The summed E-state index contributed by atoms with van der Waals surface area (Å²) >= 11 is 0. The molecular weight excluding hydrogens is 170 g/mol. The van der Waals surface area contributed by atoms with Crippen molar-refractivity contribution in [2.75, 3.05) is 13.3 Å². The molecule has 0 radical (unpaired) electrons. The summed E-state index contributed by atoms with van der Waals surface area (Å²) in [5.74, 6) is 0. The van der Waals surface area contributed by atoms with E-state index in [0.29, 0.717) is 0 Å². The average molecular weight is 188 g/mol. The molecule has 0 aromatic rings. The fourth-order valence-electron chi connectivity index (χ4n) is 1.34. The summed E-state index contributed by atoms with van der Waals surface area (Å²) in [6, 6.07) is 0. The third-order valence-corrected chi connectivity index (χ3v) is 4.58. The van der Waals surface area contributed by atoms with E-state index in [-0.39, 0.29) is 16.8 Å². The molecule has 1 heterocycles. The van der Waals surface area contributed by atoms with Crippen LogP contribution in [0.1, 0.15) is 20.3 Å². The summed E-state index contributed by atoms with van der Waals surface area (Å²) in [6.45, 7) is 3.99. The number of quaternary nitrogens is 1. The molecule has 3 unspecified atom stereocenters. The summed E-state index contributed by atoms with van der Waals surface area (Å²) < 4.78 is 0.946. The minimum Gasteiger partial charge on any atom is -0.389 e. The highest BCUT2D eigenvalue weighted by Crippen LogP contribution is 2.45. The zero-order valence-electron chi connectivity index (χ0n) is 8.24. The van der Waals surface area contributed by atoms with Crippen LogP contribution < -0.4 is 0 Å². The van der Waals surface area contributed by atoms with Crippen LogP contribution in [-0.4, -0.2) is 33.8 Å². The van der Waals surface area contributed by atoms with E-state index in [9.17, 15) is 5.11 Å². The van der Waals surface area contributed by atoms with Gasteiger partial charge in [0.25, 0.3) is 0 Å². The van der Waals surface area contributed by atoms with Crippen LogP contribution in [0.4, 0.5) is 0 Å². The molecule has 1 N–H and O–H groups in total. The lowest BCUT2D eigenvalue weighted by Crippen LogP contribution is -2.16. The van der Waals surface area contributed by atoms with E-state index >= 15 is 0 Å². The third-order valence-electron chi connectivity index (χ3n) is 2.25. The molecule has 0 bridgehead atoms. The van der Waals surface area contributed by atoms with Gasteiger partial charge < -0.3 is 5.11 Å². The summed E-state index contributed by atoms with van der Waals surface area (Å²) in [4.78, 5) is 0. The van der Waals surface area contributed by atoms with E-state index in [1.165, 1.54) is 5.70 Å². The van der Waals surface area contributed by atoms with Crippen molar-refractivity contribution in [3.63, 3.8) is 0 Å². The van der Waals surface area contributed by atoms with Gasteiger partial charge in [0.2, 0.25) is 0 Å². The summed E-state index contributed by atoms with van der Waals surface area (Å²) in [5, 5.41) is 11.2. The quantitative estimate of drug-likeness (QED) is 0.528. The molecule has 1 rings (SSSR count). The second-order valence-electron chi connectivity index (χ2n) is 3.36. The number of aliphatic hydroxyl groups is 1. The number of rotatable bonds is 3. The summed E-state index contributed by atoms with van der Waals surface area (Å²) in [5.41, 5.74) is 1.48. The molecule has 0 fully saturated rings. The number of hydrogen-bond donors (Lipinski definition) is 1. The molecule has 12 heavy (non-hydrogen) atoms. The van der Waals surface area contributed by atoms with Gasteiger partial charge in [0, 0.05) is 28.7 Å². The highest BCUT2D eigenvalue weighted by molar-refractivity contribution is 8.09. The minimum absolute atomic E-state index is 0.134. The Hall–Kier alpha value is -0.120. The topological polar surface area (TPSA) is 20.2 Å². The molecule has 0 spiro atoms. The molecule has 1 aliphatic rings. The van der Waals surface area contributed by atoms with Gasteiger partial charge in [-0.1, -0.05) is 6.92 Å². The molecular formula is C9H18NOS+. The minimum atomic E-state index is -0.291. The molecule has 3 heteroatoms. The lowest BCUT2D eigenvalue weighted by molar-refractivity contribution is -0.598. The first-order chi connectivity index (χ1) is 5.50. The van der Waals surface area contributed by atoms with E-state index in [1.807, 2.05) is 12.3 Å². The zero-order chi connectivity index (χ0) is 9.35. The second-order valence-corrected chi connectivity index (χ2v) is 5.44. The van der Waals surface area contributed by atoms with Gasteiger partial charge in [-0.25, -0.2) is 3.89 Å². The second kappa shape index (κ2) is 3.32. The molecule has 0 aliphatic carbocycles. The lowest BCUT2D eigenvalue weighted by Gasteiger charge is -2.15. The highest BCUT2D eigenvalue weighted by atomic mass is 32.2.